The van der Waals surface area contributed by atoms with Crippen molar-refractivity contribution in [2.24, 2.45) is 0 Å². The number of thiophene rings is 1. The van der Waals surface area contributed by atoms with Crippen molar-refractivity contribution in [2.45, 2.75) is 32.7 Å². The van der Waals surface area contributed by atoms with Gasteiger partial charge in [-0.25, -0.2) is 0 Å². The van der Waals surface area contributed by atoms with Gasteiger partial charge in [0, 0.05) is 23.1 Å². The Morgan fingerprint density at radius 1 is 1.24 bits per heavy atom. The maximum Gasteiger partial charge on any atom is 0.269 e. The molecule has 2 aromatic rings. The van der Waals surface area contributed by atoms with E-state index in [9.17, 15) is 10.1 Å². The van der Waals surface area contributed by atoms with Crippen molar-refractivity contribution in [3.63, 3.8) is 0 Å². The van der Waals surface area contributed by atoms with Gasteiger partial charge in [0.2, 0.25) is 0 Å². The number of likely N-dealkylation sites (N-methyl/N-ethyl adjacent to an activating group) is 1. The number of nitro benzene ring substituents is 1. The third-order valence-electron chi connectivity index (χ3n) is 3.52. The van der Waals surface area contributed by atoms with Gasteiger partial charge in [-0.3, -0.25) is 10.1 Å². The average molecular weight is 304 g/mol. The van der Waals surface area contributed by atoms with Crippen LogP contribution in [0.3, 0.4) is 0 Å². The maximum absolute atomic E-state index is 10.7. The zero-order valence-electron chi connectivity index (χ0n) is 12.3. The van der Waals surface area contributed by atoms with Crippen LogP contribution in [-0.2, 0) is 12.8 Å². The lowest BCUT2D eigenvalue weighted by molar-refractivity contribution is -0.384. The fourth-order valence-electron chi connectivity index (χ4n) is 2.44. The van der Waals surface area contributed by atoms with E-state index in [2.05, 4.69) is 30.6 Å². The van der Waals surface area contributed by atoms with E-state index in [0.717, 1.165) is 24.9 Å². The van der Waals surface area contributed by atoms with Gasteiger partial charge in [-0.2, -0.15) is 0 Å². The van der Waals surface area contributed by atoms with Gasteiger partial charge in [0.25, 0.3) is 5.69 Å². The van der Waals surface area contributed by atoms with Crippen LogP contribution in [-0.4, -0.2) is 11.5 Å². The van der Waals surface area contributed by atoms with Crippen molar-refractivity contribution < 1.29 is 4.92 Å². The molecule has 0 saturated carbocycles. The van der Waals surface area contributed by atoms with Gasteiger partial charge in [0.05, 0.1) is 4.92 Å². The molecule has 0 fully saturated rings. The minimum Gasteiger partial charge on any atom is -0.309 e. The van der Waals surface area contributed by atoms with Crippen molar-refractivity contribution in [2.75, 3.05) is 6.54 Å². The molecule has 5 heteroatoms. The van der Waals surface area contributed by atoms with Crippen LogP contribution < -0.4 is 5.32 Å². The van der Waals surface area contributed by atoms with Gasteiger partial charge in [-0.15, -0.1) is 11.3 Å². The van der Waals surface area contributed by atoms with Crippen molar-refractivity contribution in [3.8, 4) is 0 Å². The van der Waals surface area contributed by atoms with E-state index in [1.54, 1.807) is 23.5 Å². The minimum atomic E-state index is -0.361. The molecule has 0 saturated heterocycles. The van der Waals surface area contributed by atoms with Crippen LogP contribution in [0.1, 0.15) is 35.9 Å². The molecule has 1 atom stereocenters. The summed E-state index contributed by atoms with van der Waals surface area (Å²) < 4.78 is 0. The molecule has 0 spiro atoms. The van der Waals surface area contributed by atoms with Crippen LogP contribution in [0.4, 0.5) is 5.69 Å². The van der Waals surface area contributed by atoms with Gasteiger partial charge in [0.1, 0.15) is 0 Å². The molecule has 0 aliphatic heterocycles. The Labute approximate surface area is 129 Å². The molecule has 0 bridgehead atoms. The van der Waals surface area contributed by atoms with Crippen LogP contribution in [0.15, 0.2) is 35.7 Å². The number of nitro groups is 1. The first-order valence-electron chi connectivity index (χ1n) is 7.18. The second-order valence-electron chi connectivity index (χ2n) is 4.90. The number of benzene rings is 1. The Morgan fingerprint density at radius 3 is 2.52 bits per heavy atom. The molecule has 1 unspecified atom stereocenters. The smallest absolute Gasteiger partial charge is 0.269 e. The lowest BCUT2D eigenvalue weighted by Crippen LogP contribution is -2.23. The number of nitrogens with one attached hydrogen (secondary N) is 1. The largest absolute Gasteiger partial charge is 0.309 e. The molecule has 2 rings (SSSR count). The summed E-state index contributed by atoms with van der Waals surface area (Å²) in [5, 5.41) is 16.4. The average Bonchev–Trinajstić information content (AvgIpc) is 2.95. The third kappa shape index (κ3) is 3.89. The first-order chi connectivity index (χ1) is 10.2. The van der Waals surface area contributed by atoms with Crippen molar-refractivity contribution in [1.29, 1.82) is 0 Å². The Balaban J connectivity index is 2.18. The van der Waals surface area contributed by atoms with Crippen LogP contribution in [0.5, 0.6) is 0 Å². The van der Waals surface area contributed by atoms with Crippen LogP contribution in [0.2, 0.25) is 0 Å². The van der Waals surface area contributed by atoms with E-state index in [1.165, 1.54) is 10.4 Å². The lowest BCUT2D eigenvalue weighted by atomic mass is 10.0. The molecule has 0 radical (unpaired) electrons. The summed E-state index contributed by atoms with van der Waals surface area (Å²) in [6, 6.07) is 9.30. The summed E-state index contributed by atoms with van der Waals surface area (Å²) >= 11 is 1.78. The summed E-state index contributed by atoms with van der Waals surface area (Å²) in [7, 11) is 0. The standard InChI is InChI=1S/C16H20N2O2S/c1-3-13-9-10-21-16(13)15(17-4-2)11-12-5-7-14(8-6-12)18(19)20/h5-10,15,17H,3-4,11H2,1-2H3. The molecule has 0 amide bonds. The topological polar surface area (TPSA) is 55.2 Å². The summed E-state index contributed by atoms with van der Waals surface area (Å²) in [4.78, 5) is 11.7. The maximum atomic E-state index is 10.7. The van der Waals surface area contributed by atoms with Crippen molar-refractivity contribution >= 4 is 17.0 Å². The molecule has 21 heavy (non-hydrogen) atoms. The Morgan fingerprint density at radius 2 is 1.95 bits per heavy atom. The highest BCUT2D eigenvalue weighted by Crippen LogP contribution is 2.28. The zero-order chi connectivity index (χ0) is 15.2. The molecule has 1 N–H and O–H groups in total. The predicted octanol–water partition coefficient (Wildman–Crippen LogP) is 4.11. The van der Waals surface area contributed by atoms with E-state index in [-0.39, 0.29) is 16.7 Å². The Bertz CT molecular complexity index is 593. The highest BCUT2D eigenvalue weighted by Gasteiger charge is 2.16. The fourth-order valence-corrected chi connectivity index (χ4v) is 3.51. The predicted molar refractivity (Wildman–Crippen MR) is 86.9 cm³/mol. The number of non-ortho nitro benzene ring substituents is 1. The molecular weight excluding hydrogens is 284 g/mol. The monoisotopic (exact) mass is 304 g/mol. The highest BCUT2D eigenvalue weighted by atomic mass is 32.1. The third-order valence-corrected chi connectivity index (χ3v) is 4.59. The molecule has 1 aromatic heterocycles. The Kier molecular flexibility index (Phi) is 5.47. The van der Waals surface area contributed by atoms with Gasteiger partial charge < -0.3 is 5.32 Å². The normalized spacial score (nSPS) is 12.3. The van der Waals surface area contributed by atoms with E-state index < -0.39 is 0 Å². The van der Waals surface area contributed by atoms with E-state index in [1.807, 2.05) is 12.1 Å². The second-order valence-corrected chi connectivity index (χ2v) is 5.85. The van der Waals surface area contributed by atoms with Crippen LogP contribution in [0.25, 0.3) is 0 Å². The second kappa shape index (κ2) is 7.33. The molecule has 0 aliphatic carbocycles. The van der Waals surface area contributed by atoms with Crippen molar-refractivity contribution in [1.82, 2.24) is 5.32 Å². The number of aryl methyl sites for hydroxylation is 1. The SMILES string of the molecule is CCNC(Cc1ccc([N+](=O)[O-])cc1)c1sccc1CC. The number of nitrogens with zero attached hydrogens (tertiary/aromatic N) is 1. The molecule has 1 heterocycles. The summed E-state index contributed by atoms with van der Waals surface area (Å²) in [5.74, 6) is 0. The van der Waals surface area contributed by atoms with Gasteiger partial charge in [-0.05, 0) is 42.0 Å². The van der Waals surface area contributed by atoms with Crippen LogP contribution >= 0.6 is 11.3 Å². The molecular formula is C16H20N2O2S. The zero-order valence-corrected chi connectivity index (χ0v) is 13.2. The summed E-state index contributed by atoms with van der Waals surface area (Å²) in [6.45, 7) is 5.17. The highest BCUT2D eigenvalue weighted by molar-refractivity contribution is 7.10. The van der Waals surface area contributed by atoms with E-state index in [0.29, 0.717) is 0 Å². The molecule has 1 aromatic carbocycles. The van der Waals surface area contributed by atoms with E-state index >= 15 is 0 Å². The number of hydrogen-bond acceptors (Lipinski definition) is 4. The molecule has 0 aliphatic rings. The number of rotatable bonds is 7. The van der Waals surface area contributed by atoms with Gasteiger partial charge >= 0.3 is 0 Å². The van der Waals surface area contributed by atoms with Gasteiger partial charge in [0.15, 0.2) is 0 Å². The first-order valence-corrected chi connectivity index (χ1v) is 8.06. The summed E-state index contributed by atoms with van der Waals surface area (Å²) in [6.07, 6.45) is 1.88. The molecule has 4 nitrogen and oxygen atoms in total. The number of hydrogen-bond donors (Lipinski definition) is 1. The van der Waals surface area contributed by atoms with E-state index in [4.69, 9.17) is 0 Å². The van der Waals surface area contributed by atoms with Crippen molar-refractivity contribution in [3.05, 3.63) is 61.8 Å². The fraction of sp³-hybridized carbons (Fsp3) is 0.375. The first kappa shape index (κ1) is 15.7. The van der Waals surface area contributed by atoms with Gasteiger partial charge in [-0.1, -0.05) is 26.0 Å². The van der Waals surface area contributed by atoms with Crippen LogP contribution in [0, 0.1) is 10.1 Å². The quantitative estimate of drug-likeness (QED) is 0.618. The summed E-state index contributed by atoms with van der Waals surface area (Å²) in [5.41, 5.74) is 2.64. The molecule has 112 valence electrons. The Hall–Kier alpha value is -1.72. The minimum absolute atomic E-state index is 0.143. The lowest BCUT2D eigenvalue weighted by Gasteiger charge is -2.18.